The molecule has 1 aromatic heterocycles. The van der Waals surface area contributed by atoms with Gasteiger partial charge in [0.1, 0.15) is 10.7 Å². The van der Waals surface area contributed by atoms with Crippen molar-refractivity contribution >= 4 is 15.8 Å². The number of pyridine rings is 1. The Kier molecular flexibility index (Phi) is 4.89. The minimum atomic E-state index is -3.57. The fourth-order valence-electron chi connectivity index (χ4n) is 1.30. The van der Waals surface area contributed by atoms with Crippen LogP contribution in [0.5, 0.6) is 0 Å². The van der Waals surface area contributed by atoms with Crippen molar-refractivity contribution < 1.29 is 8.42 Å². The van der Waals surface area contributed by atoms with Gasteiger partial charge in [-0.05, 0) is 40.1 Å². The molecule has 1 heterocycles. The molecule has 0 radical (unpaired) electrons. The van der Waals surface area contributed by atoms with Crippen molar-refractivity contribution in [3.8, 4) is 0 Å². The van der Waals surface area contributed by atoms with Gasteiger partial charge < -0.3 is 10.2 Å². The Balaban J connectivity index is 2.94. The SMILES string of the molecule is CNc1ncccc1S(=O)(=O)NCC(C)(C)N(C)C. The fraction of sp³-hybridized carbons (Fsp3) is 0.583. The first-order valence-corrected chi connectivity index (χ1v) is 7.49. The lowest BCUT2D eigenvalue weighted by Crippen LogP contribution is -2.48. The molecule has 0 amide bonds. The van der Waals surface area contributed by atoms with E-state index in [1.807, 2.05) is 32.8 Å². The lowest BCUT2D eigenvalue weighted by Gasteiger charge is -2.32. The third-order valence-corrected chi connectivity index (χ3v) is 4.64. The lowest BCUT2D eigenvalue weighted by molar-refractivity contribution is 0.199. The summed E-state index contributed by atoms with van der Waals surface area (Å²) >= 11 is 0. The summed E-state index contributed by atoms with van der Waals surface area (Å²) in [6.45, 7) is 4.26. The van der Waals surface area contributed by atoms with E-state index in [0.717, 1.165) is 0 Å². The highest BCUT2D eigenvalue weighted by Crippen LogP contribution is 2.18. The van der Waals surface area contributed by atoms with Gasteiger partial charge in [-0.25, -0.2) is 18.1 Å². The van der Waals surface area contributed by atoms with Crippen molar-refractivity contribution in [1.82, 2.24) is 14.6 Å². The quantitative estimate of drug-likeness (QED) is 0.807. The maximum Gasteiger partial charge on any atom is 0.244 e. The first-order valence-electron chi connectivity index (χ1n) is 6.00. The normalized spacial score (nSPS) is 12.7. The average molecular weight is 286 g/mol. The van der Waals surface area contributed by atoms with Crippen LogP contribution in [-0.2, 0) is 10.0 Å². The molecule has 0 aliphatic carbocycles. The van der Waals surface area contributed by atoms with Crippen molar-refractivity contribution in [2.75, 3.05) is 33.0 Å². The molecule has 0 saturated heterocycles. The number of rotatable bonds is 6. The molecule has 0 unspecified atom stereocenters. The maximum absolute atomic E-state index is 12.3. The zero-order valence-electron chi connectivity index (χ0n) is 12.1. The summed E-state index contributed by atoms with van der Waals surface area (Å²) in [6.07, 6.45) is 1.55. The second-order valence-electron chi connectivity index (χ2n) is 5.13. The standard InChI is InChI=1S/C12H22N4O2S/c1-12(2,16(4)5)9-15-19(17,18)10-7-6-8-14-11(10)13-3/h6-8,15H,9H2,1-5H3,(H,13,14). The lowest BCUT2D eigenvalue weighted by atomic mass is 10.1. The van der Waals surface area contributed by atoms with Crippen molar-refractivity contribution in [1.29, 1.82) is 0 Å². The number of aromatic nitrogens is 1. The van der Waals surface area contributed by atoms with Gasteiger partial charge in [-0.2, -0.15) is 0 Å². The highest BCUT2D eigenvalue weighted by Gasteiger charge is 2.25. The van der Waals surface area contributed by atoms with E-state index in [9.17, 15) is 8.42 Å². The van der Waals surface area contributed by atoms with Gasteiger partial charge in [-0.15, -0.1) is 0 Å². The van der Waals surface area contributed by atoms with E-state index in [1.54, 1.807) is 19.3 Å². The zero-order valence-corrected chi connectivity index (χ0v) is 12.9. The molecule has 1 rings (SSSR count). The monoisotopic (exact) mass is 286 g/mol. The van der Waals surface area contributed by atoms with Gasteiger partial charge in [0.2, 0.25) is 10.0 Å². The first kappa shape index (κ1) is 15.9. The van der Waals surface area contributed by atoms with Crippen LogP contribution in [0.3, 0.4) is 0 Å². The maximum atomic E-state index is 12.3. The van der Waals surface area contributed by atoms with Crippen LogP contribution in [0.2, 0.25) is 0 Å². The van der Waals surface area contributed by atoms with Crippen LogP contribution in [0.25, 0.3) is 0 Å². The molecular formula is C12H22N4O2S. The predicted molar refractivity (Wildman–Crippen MR) is 76.7 cm³/mol. The summed E-state index contributed by atoms with van der Waals surface area (Å²) in [5.74, 6) is 0.345. The molecule has 6 nitrogen and oxygen atoms in total. The van der Waals surface area contributed by atoms with Gasteiger partial charge >= 0.3 is 0 Å². The van der Waals surface area contributed by atoms with Gasteiger partial charge in [0, 0.05) is 25.3 Å². The minimum absolute atomic E-state index is 0.159. The molecule has 0 saturated carbocycles. The molecule has 2 N–H and O–H groups in total. The van der Waals surface area contributed by atoms with Crippen LogP contribution < -0.4 is 10.0 Å². The van der Waals surface area contributed by atoms with Crippen molar-refractivity contribution in [2.45, 2.75) is 24.3 Å². The van der Waals surface area contributed by atoms with E-state index in [2.05, 4.69) is 15.0 Å². The fourth-order valence-corrected chi connectivity index (χ4v) is 2.67. The van der Waals surface area contributed by atoms with Gasteiger partial charge in [0.05, 0.1) is 0 Å². The molecule has 108 valence electrons. The summed E-state index contributed by atoms with van der Waals surface area (Å²) in [6, 6.07) is 3.14. The first-order chi connectivity index (χ1) is 8.70. The number of likely N-dealkylation sites (N-methyl/N-ethyl adjacent to an activating group) is 1. The van der Waals surface area contributed by atoms with Gasteiger partial charge in [-0.1, -0.05) is 0 Å². The Bertz CT molecular complexity index is 526. The summed E-state index contributed by atoms with van der Waals surface area (Å²) < 4.78 is 27.2. The van der Waals surface area contributed by atoms with Crippen LogP contribution in [0.4, 0.5) is 5.82 Å². The molecule has 0 atom stereocenters. The highest BCUT2D eigenvalue weighted by molar-refractivity contribution is 7.89. The average Bonchev–Trinajstić information content (AvgIpc) is 2.36. The molecule has 1 aromatic rings. The summed E-state index contributed by atoms with van der Waals surface area (Å²) in [5.41, 5.74) is -0.269. The Labute approximate surface area is 115 Å². The number of nitrogens with zero attached hydrogens (tertiary/aromatic N) is 2. The van der Waals surface area contributed by atoms with Gasteiger partial charge in [0.15, 0.2) is 0 Å². The van der Waals surface area contributed by atoms with Crippen LogP contribution in [-0.4, -0.2) is 51.5 Å². The molecular weight excluding hydrogens is 264 g/mol. The Morgan fingerprint density at radius 2 is 2.00 bits per heavy atom. The summed E-state index contributed by atoms with van der Waals surface area (Å²) in [4.78, 5) is 6.13. The van der Waals surface area contributed by atoms with Crippen LogP contribution in [0, 0.1) is 0 Å². The summed E-state index contributed by atoms with van der Waals surface area (Å²) in [5, 5.41) is 2.78. The molecule has 0 aliphatic heterocycles. The Hall–Kier alpha value is -1.18. The Morgan fingerprint density at radius 1 is 1.37 bits per heavy atom. The number of nitrogens with one attached hydrogen (secondary N) is 2. The van der Waals surface area contributed by atoms with Crippen LogP contribution in [0.15, 0.2) is 23.2 Å². The second kappa shape index (κ2) is 5.85. The minimum Gasteiger partial charge on any atom is -0.372 e. The van der Waals surface area contributed by atoms with Crippen LogP contribution in [0.1, 0.15) is 13.8 Å². The van der Waals surface area contributed by atoms with Gasteiger partial charge in [0.25, 0.3) is 0 Å². The Morgan fingerprint density at radius 3 is 2.53 bits per heavy atom. The molecule has 19 heavy (non-hydrogen) atoms. The topological polar surface area (TPSA) is 74.3 Å². The largest absolute Gasteiger partial charge is 0.372 e. The van der Waals surface area contributed by atoms with E-state index in [1.165, 1.54) is 6.07 Å². The number of anilines is 1. The molecule has 0 spiro atoms. The van der Waals surface area contributed by atoms with E-state index in [4.69, 9.17) is 0 Å². The third kappa shape index (κ3) is 3.89. The van der Waals surface area contributed by atoms with Crippen LogP contribution >= 0.6 is 0 Å². The predicted octanol–water partition coefficient (Wildman–Crippen LogP) is 0.742. The molecule has 7 heteroatoms. The number of sulfonamides is 1. The second-order valence-corrected chi connectivity index (χ2v) is 6.87. The highest BCUT2D eigenvalue weighted by atomic mass is 32.2. The third-order valence-electron chi connectivity index (χ3n) is 3.20. The van der Waals surface area contributed by atoms with E-state index in [-0.39, 0.29) is 10.4 Å². The summed E-state index contributed by atoms with van der Waals surface area (Å²) in [7, 11) is 1.90. The number of hydrogen-bond donors (Lipinski definition) is 2. The molecule has 0 aromatic carbocycles. The smallest absolute Gasteiger partial charge is 0.244 e. The van der Waals surface area contributed by atoms with Crippen molar-refractivity contribution in [3.05, 3.63) is 18.3 Å². The molecule has 0 aliphatic rings. The van der Waals surface area contributed by atoms with E-state index < -0.39 is 10.0 Å². The van der Waals surface area contributed by atoms with E-state index in [0.29, 0.717) is 12.4 Å². The molecule has 0 fully saturated rings. The van der Waals surface area contributed by atoms with Gasteiger partial charge in [-0.3, -0.25) is 0 Å². The van der Waals surface area contributed by atoms with Crippen molar-refractivity contribution in [2.24, 2.45) is 0 Å². The number of hydrogen-bond acceptors (Lipinski definition) is 5. The van der Waals surface area contributed by atoms with Crippen molar-refractivity contribution in [3.63, 3.8) is 0 Å². The molecule has 0 bridgehead atoms. The zero-order chi connectivity index (χ0) is 14.7. The van der Waals surface area contributed by atoms with E-state index >= 15 is 0 Å².